The van der Waals surface area contributed by atoms with E-state index in [4.69, 9.17) is 16.3 Å². The summed E-state index contributed by atoms with van der Waals surface area (Å²) in [6.45, 7) is 1.42. The molecule has 1 atom stereocenters. The minimum atomic E-state index is -0.300. The summed E-state index contributed by atoms with van der Waals surface area (Å²) in [7, 11) is 1.62. The number of hydrogen-bond donors (Lipinski definition) is 2. The van der Waals surface area contributed by atoms with Crippen LogP contribution in [0.3, 0.4) is 0 Å². The van der Waals surface area contributed by atoms with E-state index in [1.807, 2.05) is 47.0 Å². The van der Waals surface area contributed by atoms with Gasteiger partial charge in [0.2, 0.25) is 5.95 Å². The number of β-amino-alcohol motifs (C(OH)–C–C–N with tert-alkyl or cyclic N) is 1. The zero-order valence-corrected chi connectivity index (χ0v) is 17.6. The van der Waals surface area contributed by atoms with Gasteiger partial charge in [-0.1, -0.05) is 17.7 Å². The highest BCUT2D eigenvalue weighted by atomic mass is 35.5. The number of nitrogens with one attached hydrogen (secondary N) is 1. The van der Waals surface area contributed by atoms with Crippen molar-refractivity contribution in [1.29, 1.82) is 0 Å². The third-order valence-corrected chi connectivity index (χ3v) is 5.64. The first-order valence-electron chi connectivity index (χ1n) is 9.95. The van der Waals surface area contributed by atoms with Crippen LogP contribution < -0.4 is 15.0 Å². The summed E-state index contributed by atoms with van der Waals surface area (Å²) in [4.78, 5) is 15.6. The lowest BCUT2D eigenvalue weighted by molar-refractivity contribution is 0.198. The molecule has 1 aromatic carbocycles. The molecule has 0 unspecified atom stereocenters. The van der Waals surface area contributed by atoms with Crippen LogP contribution in [0.5, 0.6) is 5.75 Å². The molecule has 9 heteroatoms. The van der Waals surface area contributed by atoms with Crippen molar-refractivity contribution in [1.82, 2.24) is 19.4 Å². The molecule has 0 bridgehead atoms. The second-order valence-electron chi connectivity index (χ2n) is 7.36. The van der Waals surface area contributed by atoms with E-state index in [1.54, 1.807) is 19.5 Å². The third-order valence-electron chi connectivity index (χ3n) is 5.36. The zero-order valence-electron chi connectivity index (χ0n) is 16.9. The van der Waals surface area contributed by atoms with Gasteiger partial charge in [0, 0.05) is 25.0 Å². The van der Waals surface area contributed by atoms with Crippen molar-refractivity contribution in [3.8, 4) is 17.1 Å². The lowest BCUT2D eigenvalue weighted by Gasteiger charge is -2.20. The third kappa shape index (κ3) is 3.75. The van der Waals surface area contributed by atoms with Crippen LogP contribution in [0.4, 0.5) is 17.3 Å². The van der Waals surface area contributed by atoms with Crippen LogP contribution in [-0.4, -0.2) is 50.8 Å². The molecule has 0 aliphatic carbocycles. The molecule has 2 N–H and O–H groups in total. The average Bonchev–Trinajstić information content (AvgIpc) is 3.41. The fourth-order valence-electron chi connectivity index (χ4n) is 3.80. The Morgan fingerprint density at radius 2 is 2.10 bits per heavy atom. The maximum absolute atomic E-state index is 9.87. The maximum atomic E-state index is 9.87. The molecule has 0 spiro atoms. The Kier molecular flexibility index (Phi) is 5.09. The Hall–Kier alpha value is -3.36. The number of nitrogens with zero attached hydrogens (tertiary/aromatic N) is 5. The Morgan fingerprint density at radius 1 is 1.19 bits per heavy atom. The molecule has 158 valence electrons. The Morgan fingerprint density at radius 3 is 2.90 bits per heavy atom. The van der Waals surface area contributed by atoms with Crippen LogP contribution in [0.2, 0.25) is 5.02 Å². The summed E-state index contributed by atoms with van der Waals surface area (Å²) < 4.78 is 7.44. The van der Waals surface area contributed by atoms with Crippen molar-refractivity contribution in [3.05, 3.63) is 60.0 Å². The number of hydrogen-bond acceptors (Lipinski definition) is 7. The minimum absolute atomic E-state index is 0.300. The molecule has 0 radical (unpaired) electrons. The van der Waals surface area contributed by atoms with Crippen LogP contribution in [-0.2, 0) is 0 Å². The van der Waals surface area contributed by atoms with Crippen LogP contribution >= 0.6 is 11.6 Å². The molecule has 31 heavy (non-hydrogen) atoms. The van der Waals surface area contributed by atoms with Gasteiger partial charge in [-0.3, -0.25) is 4.40 Å². The summed E-state index contributed by atoms with van der Waals surface area (Å²) >= 11 is 6.43. The standard InChI is InChI=1S/C22H21ClN6O2/c1-31-19-6-5-14(28-9-7-15(30)13-28)10-17(19)26-22-25-11-16(23)21(27-22)18-12-24-20-4-2-3-8-29(18)20/h2-6,8,10-12,15,30H,7,9,13H2,1H3,(H,25,26,27)/t15-/m1/s1. The van der Waals surface area contributed by atoms with Crippen molar-refractivity contribution in [3.63, 3.8) is 0 Å². The van der Waals surface area contributed by atoms with Crippen LogP contribution in [0.15, 0.2) is 55.0 Å². The van der Waals surface area contributed by atoms with Gasteiger partial charge in [-0.25, -0.2) is 15.0 Å². The number of fused-ring (bicyclic) bond motifs is 1. The Labute approximate surface area is 184 Å². The summed E-state index contributed by atoms with van der Waals surface area (Å²) in [5.41, 5.74) is 3.89. The van der Waals surface area contributed by atoms with Crippen LogP contribution in [0, 0.1) is 0 Å². The van der Waals surface area contributed by atoms with E-state index in [-0.39, 0.29) is 6.10 Å². The number of benzene rings is 1. The second-order valence-corrected chi connectivity index (χ2v) is 7.77. The van der Waals surface area contributed by atoms with Gasteiger partial charge < -0.3 is 20.1 Å². The van der Waals surface area contributed by atoms with Crippen LogP contribution in [0.1, 0.15) is 6.42 Å². The zero-order chi connectivity index (χ0) is 21.4. The summed E-state index contributed by atoms with van der Waals surface area (Å²) in [5, 5.41) is 13.6. The Balaban J connectivity index is 1.50. The monoisotopic (exact) mass is 436 g/mol. The number of aliphatic hydroxyl groups is 1. The first-order valence-corrected chi connectivity index (χ1v) is 10.3. The van der Waals surface area contributed by atoms with Gasteiger partial charge in [-0.2, -0.15) is 0 Å². The van der Waals surface area contributed by atoms with Gasteiger partial charge in [-0.05, 0) is 36.8 Å². The fourth-order valence-corrected chi connectivity index (χ4v) is 3.99. The smallest absolute Gasteiger partial charge is 0.227 e. The summed E-state index contributed by atoms with van der Waals surface area (Å²) in [6, 6.07) is 11.6. The molecule has 8 nitrogen and oxygen atoms in total. The van der Waals surface area contributed by atoms with E-state index >= 15 is 0 Å². The lowest BCUT2D eigenvalue weighted by Crippen LogP contribution is -2.21. The number of anilines is 3. The predicted molar refractivity (Wildman–Crippen MR) is 120 cm³/mol. The number of pyridine rings is 1. The molecule has 1 fully saturated rings. The molecule has 3 aromatic heterocycles. The maximum Gasteiger partial charge on any atom is 0.227 e. The highest BCUT2D eigenvalue weighted by molar-refractivity contribution is 6.32. The van der Waals surface area contributed by atoms with Gasteiger partial charge in [0.25, 0.3) is 0 Å². The lowest BCUT2D eigenvalue weighted by atomic mass is 10.2. The van der Waals surface area contributed by atoms with Gasteiger partial charge in [-0.15, -0.1) is 0 Å². The second kappa shape index (κ2) is 8.05. The highest BCUT2D eigenvalue weighted by Crippen LogP contribution is 2.34. The van der Waals surface area contributed by atoms with E-state index < -0.39 is 0 Å². The Bertz CT molecular complexity index is 1240. The molecule has 5 rings (SSSR count). The summed E-state index contributed by atoms with van der Waals surface area (Å²) in [5.74, 6) is 1.06. The van der Waals surface area contributed by atoms with Crippen molar-refractivity contribution in [2.24, 2.45) is 0 Å². The molecular formula is C22H21ClN6O2. The highest BCUT2D eigenvalue weighted by Gasteiger charge is 2.21. The first kappa shape index (κ1) is 19.6. The molecule has 0 saturated carbocycles. The number of imidazole rings is 1. The molecular weight excluding hydrogens is 416 g/mol. The SMILES string of the molecule is COc1ccc(N2CC[C@@H](O)C2)cc1Nc1ncc(Cl)c(-c2cnc3ccccn23)n1. The molecule has 1 aliphatic heterocycles. The molecule has 1 aliphatic rings. The average molecular weight is 437 g/mol. The topological polar surface area (TPSA) is 87.8 Å². The number of aromatic nitrogens is 4. The van der Waals surface area contributed by atoms with E-state index in [2.05, 4.69) is 25.2 Å². The van der Waals surface area contributed by atoms with E-state index in [9.17, 15) is 5.11 Å². The molecule has 4 heterocycles. The quantitative estimate of drug-likeness (QED) is 0.492. The largest absolute Gasteiger partial charge is 0.495 e. The number of ether oxygens (including phenoxy) is 1. The fraction of sp³-hybridized carbons (Fsp3) is 0.227. The van der Waals surface area contributed by atoms with Gasteiger partial charge in [0.1, 0.15) is 17.1 Å². The van der Waals surface area contributed by atoms with Crippen molar-refractivity contribution >= 4 is 34.6 Å². The molecule has 1 saturated heterocycles. The number of aliphatic hydroxyl groups excluding tert-OH is 1. The molecule has 0 amide bonds. The summed E-state index contributed by atoms with van der Waals surface area (Å²) in [6.07, 6.45) is 5.69. The van der Waals surface area contributed by atoms with Gasteiger partial charge in [0.05, 0.1) is 42.0 Å². The van der Waals surface area contributed by atoms with Crippen molar-refractivity contribution in [2.75, 3.05) is 30.4 Å². The first-order chi connectivity index (χ1) is 15.1. The number of halogens is 1. The predicted octanol–water partition coefficient (Wildman–Crippen LogP) is 3.77. The number of methoxy groups -OCH3 is 1. The van der Waals surface area contributed by atoms with E-state index in [0.717, 1.165) is 35.7 Å². The van der Waals surface area contributed by atoms with Crippen molar-refractivity contribution < 1.29 is 9.84 Å². The normalized spacial score (nSPS) is 16.1. The van der Waals surface area contributed by atoms with Crippen molar-refractivity contribution in [2.45, 2.75) is 12.5 Å². The van der Waals surface area contributed by atoms with E-state index in [0.29, 0.717) is 29.0 Å². The molecule has 4 aromatic rings. The minimum Gasteiger partial charge on any atom is -0.495 e. The van der Waals surface area contributed by atoms with E-state index in [1.165, 1.54) is 0 Å². The van der Waals surface area contributed by atoms with Gasteiger partial charge >= 0.3 is 0 Å². The van der Waals surface area contributed by atoms with Gasteiger partial charge in [0.15, 0.2) is 0 Å². The van der Waals surface area contributed by atoms with Crippen LogP contribution in [0.25, 0.3) is 17.0 Å². The number of rotatable bonds is 5.